The third kappa shape index (κ3) is 3.64. The Kier molecular flexibility index (Phi) is 5.37. The first-order valence-corrected chi connectivity index (χ1v) is 8.26. The summed E-state index contributed by atoms with van der Waals surface area (Å²) in [5.41, 5.74) is 1.35. The highest BCUT2D eigenvalue weighted by atomic mass is 79.9. The summed E-state index contributed by atoms with van der Waals surface area (Å²) >= 11 is 0. The fraction of sp³-hybridized carbons (Fsp3) is 0.0667. The van der Waals surface area contributed by atoms with Gasteiger partial charge in [0.2, 0.25) is 10.0 Å². The molecule has 1 aromatic carbocycles. The standard InChI is InChI=1S/C15H14N4O3S.BrH/c1-16-23(21,22)12-7-8-14-18-13(10-19(14)9-12)15(20)17-11-5-3-2-4-6-11;/h2-10,16H,1H3,(H,17,20);1H. The minimum absolute atomic E-state index is 0. The molecule has 0 atom stereocenters. The first-order valence-electron chi connectivity index (χ1n) is 6.78. The summed E-state index contributed by atoms with van der Waals surface area (Å²) in [6.45, 7) is 0. The third-order valence-electron chi connectivity index (χ3n) is 3.27. The van der Waals surface area contributed by atoms with Gasteiger partial charge in [-0.1, -0.05) is 18.2 Å². The second-order valence-electron chi connectivity index (χ2n) is 4.78. The van der Waals surface area contributed by atoms with E-state index in [0.29, 0.717) is 11.3 Å². The Bertz CT molecular complexity index is 971. The van der Waals surface area contributed by atoms with Gasteiger partial charge >= 0.3 is 0 Å². The van der Waals surface area contributed by atoms with Gasteiger partial charge in [-0.15, -0.1) is 17.0 Å². The molecular formula is C15H15BrN4O3S. The van der Waals surface area contributed by atoms with Gasteiger partial charge in [0.15, 0.2) is 0 Å². The average Bonchev–Trinajstić information content (AvgIpc) is 2.99. The minimum atomic E-state index is -3.55. The summed E-state index contributed by atoms with van der Waals surface area (Å²) in [4.78, 5) is 16.5. The Morgan fingerprint density at radius 1 is 1.08 bits per heavy atom. The van der Waals surface area contributed by atoms with Gasteiger partial charge in [0.25, 0.3) is 5.91 Å². The van der Waals surface area contributed by atoms with E-state index in [1.54, 1.807) is 18.2 Å². The highest BCUT2D eigenvalue weighted by Crippen LogP contribution is 2.13. The molecule has 0 saturated carbocycles. The van der Waals surface area contributed by atoms with E-state index < -0.39 is 10.0 Å². The lowest BCUT2D eigenvalue weighted by Crippen LogP contribution is -2.18. The van der Waals surface area contributed by atoms with E-state index in [0.717, 1.165) is 0 Å². The van der Waals surface area contributed by atoms with E-state index in [2.05, 4.69) is 15.0 Å². The predicted octanol–water partition coefficient (Wildman–Crippen LogP) is 2.07. The first-order chi connectivity index (χ1) is 11.0. The number of pyridine rings is 1. The number of fused-ring (bicyclic) bond motifs is 1. The fourth-order valence-electron chi connectivity index (χ4n) is 2.07. The lowest BCUT2D eigenvalue weighted by molar-refractivity contribution is 0.102. The van der Waals surface area contributed by atoms with Crippen molar-refractivity contribution in [3.05, 3.63) is 60.6 Å². The maximum absolute atomic E-state index is 12.2. The highest BCUT2D eigenvalue weighted by Gasteiger charge is 2.15. The Morgan fingerprint density at radius 3 is 2.46 bits per heavy atom. The molecule has 0 aliphatic heterocycles. The summed E-state index contributed by atoms with van der Waals surface area (Å²) in [6.07, 6.45) is 2.90. The molecule has 0 unspecified atom stereocenters. The van der Waals surface area contributed by atoms with Crippen LogP contribution in [0.1, 0.15) is 10.5 Å². The lowest BCUT2D eigenvalue weighted by atomic mass is 10.3. The number of nitrogens with one attached hydrogen (secondary N) is 2. The minimum Gasteiger partial charge on any atom is -0.321 e. The molecule has 0 spiro atoms. The summed E-state index contributed by atoms with van der Waals surface area (Å²) in [5.74, 6) is -0.363. The van der Waals surface area contributed by atoms with Crippen LogP contribution in [-0.2, 0) is 10.0 Å². The summed E-state index contributed by atoms with van der Waals surface area (Å²) in [5, 5.41) is 2.73. The van der Waals surface area contributed by atoms with Crippen LogP contribution in [0.25, 0.3) is 5.65 Å². The first kappa shape index (κ1) is 18.1. The topological polar surface area (TPSA) is 92.6 Å². The van der Waals surface area contributed by atoms with Crippen molar-refractivity contribution in [1.29, 1.82) is 0 Å². The molecule has 0 aliphatic rings. The van der Waals surface area contributed by atoms with Gasteiger partial charge in [-0.3, -0.25) is 4.79 Å². The predicted molar refractivity (Wildman–Crippen MR) is 96.2 cm³/mol. The van der Waals surface area contributed by atoms with Crippen LogP contribution in [-0.4, -0.2) is 30.8 Å². The number of carbonyl (C=O) groups excluding carboxylic acids is 1. The van der Waals surface area contributed by atoms with Crippen molar-refractivity contribution in [2.75, 3.05) is 12.4 Å². The van der Waals surface area contributed by atoms with Gasteiger partial charge in [0.05, 0.1) is 4.90 Å². The van der Waals surface area contributed by atoms with Crippen molar-refractivity contribution >= 4 is 44.2 Å². The number of hydrogen-bond donors (Lipinski definition) is 2. The molecule has 1 amide bonds. The Morgan fingerprint density at radius 2 is 1.79 bits per heavy atom. The highest BCUT2D eigenvalue weighted by molar-refractivity contribution is 8.93. The van der Waals surface area contributed by atoms with E-state index in [1.807, 2.05) is 18.2 Å². The zero-order chi connectivity index (χ0) is 16.4. The number of amides is 1. The molecule has 24 heavy (non-hydrogen) atoms. The number of para-hydroxylation sites is 1. The van der Waals surface area contributed by atoms with Gasteiger partial charge in [-0.25, -0.2) is 18.1 Å². The third-order valence-corrected chi connectivity index (χ3v) is 4.67. The van der Waals surface area contributed by atoms with Gasteiger partial charge in [-0.05, 0) is 31.3 Å². The number of rotatable bonds is 4. The zero-order valence-corrected chi connectivity index (χ0v) is 15.2. The van der Waals surface area contributed by atoms with E-state index in [-0.39, 0.29) is 33.5 Å². The van der Waals surface area contributed by atoms with Crippen molar-refractivity contribution in [2.45, 2.75) is 4.90 Å². The van der Waals surface area contributed by atoms with Crippen molar-refractivity contribution in [1.82, 2.24) is 14.1 Å². The molecule has 0 saturated heterocycles. The average molecular weight is 411 g/mol. The van der Waals surface area contributed by atoms with Gasteiger partial charge in [0.1, 0.15) is 11.3 Å². The fourth-order valence-corrected chi connectivity index (χ4v) is 2.81. The molecule has 3 rings (SSSR count). The van der Waals surface area contributed by atoms with Crippen molar-refractivity contribution in [3.8, 4) is 0 Å². The quantitative estimate of drug-likeness (QED) is 0.688. The van der Waals surface area contributed by atoms with Crippen LogP contribution < -0.4 is 10.0 Å². The zero-order valence-electron chi connectivity index (χ0n) is 12.6. The summed E-state index contributed by atoms with van der Waals surface area (Å²) < 4.78 is 27.4. The van der Waals surface area contributed by atoms with Crippen LogP contribution in [0.15, 0.2) is 59.8 Å². The molecule has 126 valence electrons. The van der Waals surface area contributed by atoms with Crippen LogP contribution in [0.3, 0.4) is 0 Å². The Labute approximate surface area is 149 Å². The van der Waals surface area contributed by atoms with E-state index in [4.69, 9.17) is 0 Å². The monoisotopic (exact) mass is 410 g/mol. The number of sulfonamides is 1. The number of halogens is 1. The number of anilines is 1. The van der Waals surface area contributed by atoms with Gasteiger partial charge < -0.3 is 9.72 Å². The summed E-state index contributed by atoms with van der Waals surface area (Å²) in [7, 11) is -2.21. The number of imidazole rings is 1. The number of aromatic nitrogens is 2. The molecule has 0 fully saturated rings. The summed E-state index contributed by atoms with van der Waals surface area (Å²) in [6, 6.07) is 12.0. The maximum Gasteiger partial charge on any atom is 0.275 e. The van der Waals surface area contributed by atoms with Gasteiger partial charge in [-0.2, -0.15) is 0 Å². The molecule has 2 aromatic heterocycles. The molecule has 0 aliphatic carbocycles. The number of hydrogen-bond acceptors (Lipinski definition) is 4. The van der Waals surface area contributed by atoms with Crippen LogP contribution in [0.2, 0.25) is 0 Å². The number of nitrogens with zero attached hydrogens (tertiary/aromatic N) is 2. The molecule has 0 radical (unpaired) electrons. The van der Waals surface area contributed by atoms with E-state index in [1.165, 1.54) is 29.9 Å². The molecular weight excluding hydrogens is 396 g/mol. The van der Waals surface area contributed by atoms with Gasteiger partial charge in [0, 0.05) is 18.1 Å². The lowest BCUT2D eigenvalue weighted by Gasteiger charge is -2.02. The smallest absolute Gasteiger partial charge is 0.275 e. The second-order valence-corrected chi connectivity index (χ2v) is 6.67. The molecule has 2 heterocycles. The SMILES string of the molecule is Br.CNS(=O)(=O)c1ccc2nc(C(=O)Nc3ccccc3)cn2c1. The molecule has 0 bridgehead atoms. The van der Waals surface area contributed by atoms with Crippen molar-refractivity contribution in [2.24, 2.45) is 0 Å². The van der Waals surface area contributed by atoms with Crippen LogP contribution in [0.5, 0.6) is 0 Å². The van der Waals surface area contributed by atoms with Crippen molar-refractivity contribution in [3.63, 3.8) is 0 Å². The van der Waals surface area contributed by atoms with Crippen LogP contribution in [0.4, 0.5) is 5.69 Å². The van der Waals surface area contributed by atoms with E-state index in [9.17, 15) is 13.2 Å². The van der Waals surface area contributed by atoms with E-state index >= 15 is 0 Å². The largest absolute Gasteiger partial charge is 0.321 e. The normalized spacial score (nSPS) is 11.0. The van der Waals surface area contributed by atoms with Crippen LogP contribution in [0, 0.1) is 0 Å². The molecule has 2 N–H and O–H groups in total. The number of benzene rings is 1. The Hall–Kier alpha value is -2.23. The van der Waals surface area contributed by atoms with Crippen molar-refractivity contribution < 1.29 is 13.2 Å². The number of carbonyl (C=O) groups is 1. The Balaban J connectivity index is 0.00000208. The van der Waals surface area contributed by atoms with Crippen LogP contribution >= 0.6 is 17.0 Å². The molecule has 7 nitrogen and oxygen atoms in total. The molecule has 3 aromatic rings. The maximum atomic E-state index is 12.2. The molecule has 9 heteroatoms. The second kappa shape index (κ2) is 7.12.